The molecule has 0 aliphatic carbocycles. The zero-order valence-corrected chi connectivity index (χ0v) is 12.7. The van der Waals surface area contributed by atoms with E-state index in [0.29, 0.717) is 17.4 Å². The van der Waals surface area contributed by atoms with Crippen LogP contribution in [0.25, 0.3) is 22.3 Å². The average molecular weight is 323 g/mol. The van der Waals surface area contributed by atoms with E-state index >= 15 is 0 Å². The van der Waals surface area contributed by atoms with E-state index in [1.54, 1.807) is 41.9 Å². The van der Waals surface area contributed by atoms with Gasteiger partial charge in [-0.05, 0) is 18.2 Å². The van der Waals surface area contributed by atoms with Crippen molar-refractivity contribution in [3.05, 3.63) is 66.1 Å². The molecule has 0 unspecified atom stereocenters. The third kappa shape index (κ3) is 2.89. The fourth-order valence-electron chi connectivity index (χ4n) is 2.30. The van der Waals surface area contributed by atoms with Crippen molar-refractivity contribution in [3.63, 3.8) is 0 Å². The van der Waals surface area contributed by atoms with E-state index < -0.39 is 0 Å². The lowest BCUT2D eigenvalue weighted by Gasteiger charge is -2.05. The Balaban J connectivity index is 1.67. The number of fused-ring (bicyclic) bond motifs is 1. The molecule has 112 valence electrons. The molecule has 4 aromatic rings. The van der Waals surface area contributed by atoms with Crippen molar-refractivity contribution in [1.29, 1.82) is 0 Å². The van der Waals surface area contributed by atoms with Crippen LogP contribution in [0.2, 0.25) is 5.02 Å². The smallest absolute Gasteiger partial charge is 0.159 e. The van der Waals surface area contributed by atoms with Crippen LogP contribution in [-0.2, 0) is 6.54 Å². The van der Waals surface area contributed by atoms with Gasteiger partial charge in [-0.3, -0.25) is 14.6 Å². The number of hydrogen-bond acceptors (Lipinski definition) is 5. The van der Waals surface area contributed by atoms with Gasteiger partial charge in [-0.25, -0.2) is 9.97 Å². The first-order valence-electron chi connectivity index (χ1n) is 6.98. The molecule has 0 saturated heterocycles. The van der Waals surface area contributed by atoms with Gasteiger partial charge in [-0.15, -0.1) is 0 Å². The Kier molecular flexibility index (Phi) is 3.44. The van der Waals surface area contributed by atoms with Gasteiger partial charge in [0, 0.05) is 35.7 Å². The first-order valence-corrected chi connectivity index (χ1v) is 7.36. The molecule has 7 heteroatoms. The van der Waals surface area contributed by atoms with E-state index in [0.717, 1.165) is 22.2 Å². The Hall–Kier alpha value is -2.86. The number of nitrogens with zero attached hydrogens (tertiary/aromatic N) is 6. The molecule has 4 rings (SSSR count). The van der Waals surface area contributed by atoms with Gasteiger partial charge >= 0.3 is 0 Å². The van der Waals surface area contributed by atoms with E-state index in [-0.39, 0.29) is 0 Å². The molecule has 6 nitrogen and oxygen atoms in total. The van der Waals surface area contributed by atoms with E-state index in [1.165, 1.54) is 0 Å². The lowest BCUT2D eigenvalue weighted by Crippen LogP contribution is -2.02. The van der Waals surface area contributed by atoms with Gasteiger partial charge < -0.3 is 0 Å². The van der Waals surface area contributed by atoms with Gasteiger partial charge in [0.15, 0.2) is 5.82 Å². The first kappa shape index (κ1) is 13.8. The molecule has 0 radical (unpaired) electrons. The van der Waals surface area contributed by atoms with E-state index in [4.69, 9.17) is 11.6 Å². The summed E-state index contributed by atoms with van der Waals surface area (Å²) in [6.07, 6.45) is 10.4. The minimum atomic E-state index is 0.550. The fraction of sp³-hybridized carbons (Fsp3) is 0.0625. The molecule has 0 saturated carbocycles. The third-order valence-electron chi connectivity index (χ3n) is 3.39. The van der Waals surface area contributed by atoms with E-state index in [1.807, 2.05) is 18.2 Å². The van der Waals surface area contributed by atoms with Crippen molar-refractivity contribution < 1.29 is 0 Å². The summed E-state index contributed by atoms with van der Waals surface area (Å²) in [5, 5.41) is 5.70. The second-order valence-electron chi connectivity index (χ2n) is 5.02. The number of hydrogen-bond donors (Lipinski definition) is 0. The van der Waals surface area contributed by atoms with Crippen molar-refractivity contribution in [2.75, 3.05) is 0 Å². The highest BCUT2D eigenvalue weighted by Gasteiger charge is 2.05. The Morgan fingerprint density at radius 1 is 1.04 bits per heavy atom. The van der Waals surface area contributed by atoms with Crippen molar-refractivity contribution in [2.45, 2.75) is 6.54 Å². The van der Waals surface area contributed by atoms with Crippen LogP contribution in [0.4, 0.5) is 0 Å². The van der Waals surface area contributed by atoms with Gasteiger partial charge in [0.05, 0.1) is 35.2 Å². The van der Waals surface area contributed by atoms with E-state index in [9.17, 15) is 0 Å². The van der Waals surface area contributed by atoms with Crippen LogP contribution < -0.4 is 0 Å². The molecule has 4 aromatic heterocycles. The second-order valence-corrected chi connectivity index (χ2v) is 5.46. The average Bonchev–Trinajstić information content (AvgIpc) is 3.00. The van der Waals surface area contributed by atoms with Crippen molar-refractivity contribution in [1.82, 2.24) is 29.7 Å². The number of aromatic nitrogens is 6. The molecule has 0 amide bonds. The van der Waals surface area contributed by atoms with Crippen LogP contribution >= 0.6 is 11.6 Å². The van der Waals surface area contributed by atoms with Crippen LogP contribution in [0.1, 0.15) is 5.69 Å². The zero-order valence-electron chi connectivity index (χ0n) is 12.0. The summed E-state index contributed by atoms with van der Waals surface area (Å²) in [5.41, 5.74) is 2.60. The highest BCUT2D eigenvalue weighted by atomic mass is 35.5. The predicted octanol–water partition coefficient (Wildman–Crippen LogP) is 2.99. The fourth-order valence-corrected chi connectivity index (χ4v) is 2.45. The summed E-state index contributed by atoms with van der Waals surface area (Å²) in [4.78, 5) is 17.4. The summed E-state index contributed by atoms with van der Waals surface area (Å²) in [5.74, 6) is 0.660. The molecule has 0 N–H and O–H groups in total. The Labute approximate surface area is 136 Å². The SMILES string of the molecule is Clc1cnn(Cc2cc3cnc(-c4ccncc4)nc3cn2)c1. The molecule has 0 bridgehead atoms. The monoisotopic (exact) mass is 322 g/mol. The highest BCUT2D eigenvalue weighted by molar-refractivity contribution is 6.30. The third-order valence-corrected chi connectivity index (χ3v) is 3.58. The molecular formula is C16H11ClN6. The Morgan fingerprint density at radius 2 is 1.91 bits per heavy atom. The summed E-state index contributed by atoms with van der Waals surface area (Å²) >= 11 is 5.87. The summed E-state index contributed by atoms with van der Waals surface area (Å²) in [6, 6.07) is 5.72. The Bertz CT molecular complexity index is 967. The minimum Gasteiger partial charge on any atom is -0.265 e. The molecule has 0 aliphatic rings. The largest absolute Gasteiger partial charge is 0.265 e. The standard InChI is InChI=1S/C16H11ClN6/c17-13-7-21-23(9-13)10-14-5-12-6-20-16(22-15(12)8-19-14)11-1-3-18-4-2-11/h1-9H,10H2. The van der Waals surface area contributed by atoms with Crippen LogP contribution in [0.15, 0.2) is 55.4 Å². The maximum Gasteiger partial charge on any atom is 0.159 e. The summed E-state index contributed by atoms with van der Waals surface area (Å²) < 4.78 is 1.74. The molecule has 23 heavy (non-hydrogen) atoms. The van der Waals surface area contributed by atoms with Gasteiger partial charge in [0.2, 0.25) is 0 Å². The molecule has 0 aromatic carbocycles. The van der Waals surface area contributed by atoms with Gasteiger partial charge in [0.25, 0.3) is 0 Å². The maximum absolute atomic E-state index is 5.87. The zero-order chi connectivity index (χ0) is 15.6. The molecular weight excluding hydrogens is 312 g/mol. The molecule has 0 spiro atoms. The topological polar surface area (TPSA) is 69.4 Å². The summed E-state index contributed by atoms with van der Waals surface area (Å²) in [6.45, 7) is 0.550. The van der Waals surface area contributed by atoms with Crippen LogP contribution in [0.5, 0.6) is 0 Å². The lowest BCUT2D eigenvalue weighted by molar-refractivity contribution is 0.673. The van der Waals surface area contributed by atoms with Gasteiger partial charge in [0.1, 0.15) is 0 Å². The number of rotatable bonds is 3. The predicted molar refractivity (Wildman–Crippen MR) is 86.9 cm³/mol. The second kappa shape index (κ2) is 5.73. The van der Waals surface area contributed by atoms with Gasteiger partial charge in [-0.2, -0.15) is 5.10 Å². The number of pyridine rings is 2. The number of halogens is 1. The van der Waals surface area contributed by atoms with Crippen molar-refractivity contribution in [3.8, 4) is 11.4 Å². The van der Waals surface area contributed by atoms with E-state index in [2.05, 4.69) is 25.0 Å². The molecule has 0 atom stereocenters. The van der Waals surface area contributed by atoms with Crippen LogP contribution in [0, 0.1) is 0 Å². The van der Waals surface area contributed by atoms with Gasteiger partial charge in [-0.1, -0.05) is 11.6 Å². The molecule has 4 heterocycles. The molecule has 0 aliphatic heterocycles. The van der Waals surface area contributed by atoms with Crippen LogP contribution in [0.3, 0.4) is 0 Å². The normalized spacial score (nSPS) is 11.0. The first-order chi connectivity index (χ1) is 11.3. The summed E-state index contributed by atoms with van der Waals surface area (Å²) in [7, 11) is 0. The minimum absolute atomic E-state index is 0.550. The quantitative estimate of drug-likeness (QED) is 0.580. The van der Waals surface area contributed by atoms with Crippen molar-refractivity contribution >= 4 is 22.5 Å². The lowest BCUT2D eigenvalue weighted by atomic mass is 10.2. The van der Waals surface area contributed by atoms with Crippen LogP contribution in [-0.4, -0.2) is 29.7 Å². The Morgan fingerprint density at radius 3 is 2.70 bits per heavy atom. The maximum atomic E-state index is 5.87. The highest BCUT2D eigenvalue weighted by Crippen LogP contribution is 2.18. The van der Waals surface area contributed by atoms with Crippen molar-refractivity contribution in [2.24, 2.45) is 0 Å². The molecule has 0 fully saturated rings.